The highest BCUT2D eigenvalue weighted by Gasteiger charge is 2.73. The molecule has 1 aliphatic heterocycles. The molecule has 152 valence electrons. The molecule has 12 unspecified atom stereocenters. The van der Waals surface area contributed by atoms with Crippen molar-refractivity contribution in [1.29, 1.82) is 0 Å². The summed E-state index contributed by atoms with van der Waals surface area (Å²) < 4.78 is 17.1. The van der Waals surface area contributed by atoms with Crippen molar-refractivity contribution in [3.63, 3.8) is 0 Å². The maximum atomic E-state index is 12.6. The molecule has 0 aromatic rings. The van der Waals surface area contributed by atoms with Crippen molar-refractivity contribution in [2.75, 3.05) is 6.61 Å². The highest BCUT2D eigenvalue weighted by molar-refractivity contribution is 5.61. The first-order valence-electron chi connectivity index (χ1n) is 11.8. The van der Waals surface area contributed by atoms with Gasteiger partial charge in [0.15, 0.2) is 0 Å². The van der Waals surface area contributed by atoms with Crippen LogP contribution in [0.5, 0.6) is 0 Å². The number of carbonyl (C=O) groups excluding carboxylic acids is 1. The van der Waals surface area contributed by atoms with E-state index in [9.17, 15) is 4.79 Å². The van der Waals surface area contributed by atoms with E-state index >= 15 is 0 Å². The number of ether oxygens (including phenoxy) is 3. The van der Waals surface area contributed by atoms with Gasteiger partial charge in [0, 0.05) is 12.3 Å². The van der Waals surface area contributed by atoms with Gasteiger partial charge in [0.05, 0.1) is 6.61 Å². The summed E-state index contributed by atoms with van der Waals surface area (Å²) in [6.45, 7) is 2.88. The Morgan fingerprint density at radius 2 is 1.79 bits per heavy atom. The summed E-state index contributed by atoms with van der Waals surface area (Å²) in [6, 6.07) is 0. The first-order valence-corrected chi connectivity index (χ1v) is 11.8. The van der Waals surface area contributed by atoms with Crippen LogP contribution < -0.4 is 0 Å². The molecule has 28 heavy (non-hydrogen) atoms. The Morgan fingerprint density at radius 3 is 2.54 bits per heavy atom. The Hall–Kier alpha value is -1.03. The number of hydrogen-bond donors (Lipinski definition) is 0. The molecule has 0 spiro atoms. The van der Waals surface area contributed by atoms with Crippen LogP contribution in [-0.4, -0.2) is 24.7 Å². The predicted molar refractivity (Wildman–Crippen MR) is 102 cm³/mol. The summed E-state index contributed by atoms with van der Waals surface area (Å²) in [5, 5.41) is 0. The second kappa shape index (κ2) is 5.56. The normalized spacial score (nSPS) is 59.5. The molecule has 0 radical (unpaired) electrons. The summed E-state index contributed by atoms with van der Waals surface area (Å²) in [4.78, 5) is 12.6. The molecule has 12 atom stereocenters. The average Bonchev–Trinajstić information content (AvgIpc) is 3.47. The van der Waals surface area contributed by atoms with Gasteiger partial charge in [-0.05, 0) is 98.7 Å². The maximum Gasteiger partial charge on any atom is 0.511 e. The number of hydrogen-bond acceptors (Lipinski definition) is 4. The van der Waals surface area contributed by atoms with Crippen molar-refractivity contribution in [3.05, 3.63) is 12.2 Å². The highest BCUT2D eigenvalue weighted by Crippen LogP contribution is 2.77. The molecule has 4 heteroatoms. The van der Waals surface area contributed by atoms with Crippen LogP contribution in [0.3, 0.4) is 0 Å². The van der Waals surface area contributed by atoms with Gasteiger partial charge in [-0.25, -0.2) is 4.79 Å². The molecule has 0 aromatic carbocycles. The molecule has 0 N–H and O–H groups in total. The summed E-state index contributed by atoms with van der Waals surface area (Å²) in [5.41, 5.74) is -0.328. The molecule has 5 saturated carbocycles. The molecule has 4 nitrogen and oxygen atoms in total. The molecule has 7 rings (SSSR count). The van der Waals surface area contributed by atoms with E-state index < -0.39 is 12.4 Å². The average molecular weight is 385 g/mol. The Morgan fingerprint density at radius 1 is 1.00 bits per heavy atom. The third kappa shape index (κ3) is 2.03. The lowest BCUT2D eigenvalue weighted by Crippen LogP contribution is -2.49. The summed E-state index contributed by atoms with van der Waals surface area (Å²) >= 11 is 0. The largest absolute Gasteiger partial charge is 0.511 e. The van der Waals surface area contributed by atoms with Gasteiger partial charge in [0.1, 0.15) is 5.60 Å². The van der Waals surface area contributed by atoms with Crippen LogP contribution in [0.25, 0.3) is 0 Å². The van der Waals surface area contributed by atoms with E-state index in [-0.39, 0.29) is 5.60 Å². The summed E-state index contributed by atoms with van der Waals surface area (Å²) in [5.74, 6) is 8.52. The zero-order chi connectivity index (χ0) is 18.6. The van der Waals surface area contributed by atoms with Gasteiger partial charge in [-0.3, -0.25) is 0 Å². The topological polar surface area (TPSA) is 44.8 Å². The van der Waals surface area contributed by atoms with Crippen molar-refractivity contribution < 1.29 is 19.0 Å². The van der Waals surface area contributed by atoms with E-state index in [0.29, 0.717) is 12.5 Å². The Bertz CT molecular complexity index is 726. The minimum absolute atomic E-state index is 0.328. The van der Waals surface area contributed by atoms with Crippen molar-refractivity contribution in [1.82, 2.24) is 0 Å². The van der Waals surface area contributed by atoms with E-state index in [4.69, 9.17) is 14.2 Å². The first kappa shape index (κ1) is 16.7. The van der Waals surface area contributed by atoms with Gasteiger partial charge in [-0.2, -0.15) is 0 Å². The zero-order valence-corrected chi connectivity index (χ0v) is 16.8. The number of rotatable bonds is 2. The fraction of sp³-hybridized carbons (Fsp3) is 0.875. The molecule has 6 fully saturated rings. The standard InChI is InChI=1S/C24H32O4/c1-24(28-23(25)27-18-4-2-3-7-26-18)11-14-9-17(24)22-16-10-15(21(14)22)19-12-5-6-13(8-12)20(16)19/h5-6,12-22H,2-4,7-11H2,1H3. The Balaban J connectivity index is 1.09. The molecule has 7 aliphatic rings. The molecular weight excluding hydrogens is 352 g/mol. The highest BCUT2D eigenvalue weighted by atomic mass is 16.8. The van der Waals surface area contributed by atoms with E-state index in [1.807, 2.05) is 0 Å². The van der Waals surface area contributed by atoms with Crippen LogP contribution in [0, 0.1) is 59.2 Å². The lowest BCUT2D eigenvalue weighted by molar-refractivity contribution is -0.164. The lowest BCUT2D eigenvalue weighted by Gasteiger charge is -2.48. The minimum atomic E-state index is -0.498. The quantitative estimate of drug-likeness (QED) is 0.390. The van der Waals surface area contributed by atoms with Crippen molar-refractivity contribution >= 4 is 6.16 Å². The first-order chi connectivity index (χ1) is 13.6. The van der Waals surface area contributed by atoms with Crippen molar-refractivity contribution in [3.8, 4) is 0 Å². The number of carbonyl (C=O) groups is 1. The zero-order valence-electron chi connectivity index (χ0n) is 16.8. The summed E-state index contributed by atoms with van der Waals surface area (Å²) in [6.07, 6.45) is 12.3. The maximum absolute atomic E-state index is 12.6. The van der Waals surface area contributed by atoms with Gasteiger partial charge in [-0.1, -0.05) is 12.2 Å². The molecule has 1 saturated heterocycles. The van der Waals surface area contributed by atoms with Crippen LogP contribution in [0.2, 0.25) is 0 Å². The second-order valence-electron chi connectivity index (χ2n) is 11.2. The van der Waals surface area contributed by atoms with Gasteiger partial charge in [-0.15, -0.1) is 0 Å². The molecule has 0 amide bonds. The molecule has 0 aromatic heterocycles. The van der Waals surface area contributed by atoms with E-state index in [1.54, 1.807) is 0 Å². The molecular formula is C24H32O4. The van der Waals surface area contributed by atoms with Gasteiger partial charge in [0.2, 0.25) is 6.29 Å². The molecule has 6 bridgehead atoms. The van der Waals surface area contributed by atoms with Crippen LogP contribution in [0.1, 0.15) is 51.9 Å². The van der Waals surface area contributed by atoms with Gasteiger partial charge in [0.25, 0.3) is 0 Å². The number of allylic oxidation sites excluding steroid dienone is 2. The van der Waals surface area contributed by atoms with Crippen molar-refractivity contribution in [2.24, 2.45) is 59.2 Å². The third-order valence-corrected chi connectivity index (χ3v) is 10.2. The smallest absolute Gasteiger partial charge is 0.428 e. The Kier molecular flexibility index (Phi) is 3.32. The lowest BCUT2D eigenvalue weighted by atomic mass is 9.58. The van der Waals surface area contributed by atoms with Crippen LogP contribution >= 0.6 is 0 Å². The van der Waals surface area contributed by atoms with Crippen molar-refractivity contribution in [2.45, 2.75) is 63.8 Å². The van der Waals surface area contributed by atoms with E-state index in [2.05, 4.69) is 19.1 Å². The number of fused-ring (bicyclic) bond motifs is 16. The van der Waals surface area contributed by atoms with E-state index in [0.717, 1.165) is 78.9 Å². The second-order valence-corrected chi connectivity index (χ2v) is 11.2. The van der Waals surface area contributed by atoms with Crippen LogP contribution in [0.15, 0.2) is 12.2 Å². The Labute approximate surface area is 167 Å². The molecule has 1 heterocycles. The van der Waals surface area contributed by atoms with Gasteiger partial charge < -0.3 is 14.2 Å². The van der Waals surface area contributed by atoms with Gasteiger partial charge >= 0.3 is 6.16 Å². The summed E-state index contributed by atoms with van der Waals surface area (Å²) in [7, 11) is 0. The fourth-order valence-electron chi connectivity index (χ4n) is 9.79. The SMILES string of the molecule is CC1(OC(=O)OC2CCCCO2)CC2CC1C1C3CC(C4C5C=CC(C5)C34)C21. The third-order valence-electron chi connectivity index (χ3n) is 10.2. The van der Waals surface area contributed by atoms with Crippen LogP contribution in [-0.2, 0) is 14.2 Å². The van der Waals surface area contributed by atoms with Crippen LogP contribution in [0.4, 0.5) is 4.79 Å². The monoisotopic (exact) mass is 384 g/mol. The molecule has 6 aliphatic carbocycles. The predicted octanol–water partition coefficient (Wildman–Crippen LogP) is 4.79. The minimum Gasteiger partial charge on any atom is -0.428 e. The van der Waals surface area contributed by atoms with E-state index in [1.165, 1.54) is 19.3 Å². The fourth-order valence-corrected chi connectivity index (χ4v) is 9.79.